The van der Waals surface area contributed by atoms with Crippen molar-refractivity contribution in [2.75, 3.05) is 11.9 Å². The Kier molecular flexibility index (Phi) is 4.35. The molecule has 140 valence electrons. The molecule has 3 aromatic rings. The van der Waals surface area contributed by atoms with Gasteiger partial charge in [0.2, 0.25) is 0 Å². The zero-order valence-electron chi connectivity index (χ0n) is 14.2. The molecule has 0 unspecified atom stereocenters. The summed E-state index contributed by atoms with van der Waals surface area (Å²) in [5.74, 6) is 0.749. The number of aryl methyl sites for hydroxylation is 1. The summed E-state index contributed by atoms with van der Waals surface area (Å²) < 4.78 is 41.1. The summed E-state index contributed by atoms with van der Waals surface area (Å²) >= 11 is 12.5. The van der Waals surface area contributed by atoms with Gasteiger partial charge < -0.3 is 5.32 Å². The summed E-state index contributed by atoms with van der Waals surface area (Å²) in [6.45, 7) is 2.57. The lowest BCUT2D eigenvalue weighted by atomic mass is 10.0. The second-order valence-electron chi connectivity index (χ2n) is 6.39. The van der Waals surface area contributed by atoms with Gasteiger partial charge in [-0.3, -0.25) is 0 Å². The van der Waals surface area contributed by atoms with Crippen molar-refractivity contribution in [3.05, 3.63) is 63.1 Å². The molecule has 0 atom stereocenters. The number of anilines is 1. The third-order valence-electron chi connectivity index (χ3n) is 4.60. The Hall–Kier alpha value is -2.18. The Bertz CT molecular complexity index is 1040. The highest BCUT2D eigenvalue weighted by Gasteiger charge is 2.32. The van der Waals surface area contributed by atoms with Gasteiger partial charge in [0, 0.05) is 22.7 Å². The van der Waals surface area contributed by atoms with Crippen molar-refractivity contribution in [1.29, 1.82) is 0 Å². The molecule has 8 heteroatoms. The zero-order valence-corrected chi connectivity index (χ0v) is 15.7. The topological polar surface area (TPSA) is 29.9 Å². The van der Waals surface area contributed by atoms with Crippen LogP contribution in [0, 0.1) is 6.92 Å². The van der Waals surface area contributed by atoms with Crippen LogP contribution in [-0.2, 0) is 12.6 Å². The zero-order chi connectivity index (χ0) is 19.3. The molecule has 0 spiro atoms. The van der Waals surface area contributed by atoms with Crippen molar-refractivity contribution in [3.63, 3.8) is 0 Å². The molecular weight excluding hydrogens is 398 g/mol. The van der Waals surface area contributed by atoms with E-state index in [2.05, 4.69) is 10.4 Å². The first-order valence-electron chi connectivity index (χ1n) is 8.25. The van der Waals surface area contributed by atoms with Crippen LogP contribution < -0.4 is 5.32 Å². The molecule has 1 aliphatic rings. The van der Waals surface area contributed by atoms with Crippen molar-refractivity contribution in [2.24, 2.45) is 0 Å². The molecule has 2 aromatic carbocycles. The Balaban J connectivity index is 1.90. The predicted molar refractivity (Wildman–Crippen MR) is 101 cm³/mol. The third kappa shape index (κ3) is 3.17. The maximum absolute atomic E-state index is 13.1. The molecule has 1 N–H and O–H groups in total. The van der Waals surface area contributed by atoms with Crippen molar-refractivity contribution < 1.29 is 13.2 Å². The van der Waals surface area contributed by atoms with E-state index >= 15 is 0 Å². The van der Waals surface area contributed by atoms with Crippen LogP contribution in [-0.4, -0.2) is 16.3 Å². The molecule has 1 aromatic heterocycles. The van der Waals surface area contributed by atoms with E-state index < -0.39 is 11.7 Å². The van der Waals surface area contributed by atoms with Gasteiger partial charge in [-0.25, -0.2) is 4.68 Å². The van der Waals surface area contributed by atoms with E-state index in [0.717, 1.165) is 34.8 Å². The summed E-state index contributed by atoms with van der Waals surface area (Å²) in [4.78, 5) is 0. The summed E-state index contributed by atoms with van der Waals surface area (Å²) in [6.07, 6.45) is -3.80. The standard InChI is InChI=1S/C19H14Cl2F3N3/c1-10-2-4-12(9-16(10)21)27-18-13(6-7-25-18)17(26-27)14-8-11(19(22,23)24)3-5-15(14)20/h2-5,8-9,25H,6-7H2,1H3. The lowest BCUT2D eigenvalue weighted by Gasteiger charge is -2.10. The first-order chi connectivity index (χ1) is 12.8. The number of hydrogen-bond acceptors (Lipinski definition) is 2. The maximum Gasteiger partial charge on any atom is 0.416 e. The summed E-state index contributed by atoms with van der Waals surface area (Å²) in [5.41, 5.74) is 2.46. The van der Waals surface area contributed by atoms with Crippen LogP contribution in [0.25, 0.3) is 16.9 Å². The van der Waals surface area contributed by atoms with Gasteiger partial charge in [0.05, 0.1) is 22.0 Å². The summed E-state index contributed by atoms with van der Waals surface area (Å²) in [6, 6.07) is 8.80. The smallest absolute Gasteiger partial charge is 0.369 e. The predicted octanol–water partition coefficient (Wildman–Crippen LogP) is 6.14. The lowest BCUT2D eigenvalue weighted by molar-refractivity contribution is -0.137. The van der Waals surface area contributed by atoms with Gasteiger partial charge in [-0.15, -0.1) is 0 Å². The molecule has 0 fully saturated rings. The fraction of sp³-hybridized carbons (Fsp3) is 0.211. The fourth-order valence-electron chi connectivity index (χ4n) is 3.17. The lowest BCUT2D eigenvalue weighted by Crippen LogP contribution is -2.06. The van der Waals surface area contributed by atoms with E-state index in [0.29, 0.717) is 23.7 Å². The van der Waals surface area contributed by atoms with Crippen molar-refractivity contribution >= 4 is 29.0 Å². The molecule has 0 radical (unpaired) electrons. The van der Waals surface area contributed by atoms with Crippen LogP contribution in [0.5, 0.6) is 0 Å². The normalized spacial score (nSPS) is 13.6. The molecule has 0 saturated heterocycles. The van der Waals surface area contributed by atoms with E-state index in [9.17, 15) is 13.2 Å². The highest BCUT2D eigenvalue weighted by atomic mass is 35.5. The molecule has 0 amide bonds. The van der Waals surface area contributed by atoms with Crippen LogP contribution in [0.3, 0.4) is 0 Å². The molecule has 0 saturated carbocycles. The second kappa shape index (κ2) is 6.46. The van der Waals surface area contributed by atoms with E-state index in [1.54, 1.807) is 10.7 Å². The Morgan fingerprint density at radius 2 is 1.85 bits per heavy atom. The summed E-state index contributed by atoms with van der Waals surface area (Å²) in [5, 5.41) is 8.64. The highest BCUT2D eigenvalue weighted by Crippen LogP contribution is 2.40. The minimum Gasteiger partial charge on any atom is -0.369 e. The van der Waals surface area contributed by atoms with Crippen LogP contribution in [0.2, 0.25) is 10.0 Å². The minimum atomic E-state index is -4.45. The summed E-state index contributed by atoms with van der Waals surface area (Å²) in [7, 11) is 0. The number of rotatable bonds is 2. The van der Waals surface area contributed by atoms with Gasteiger partial charge >= 0.3 is 6.18 Å². The molecule has 2 heterocycles. The van der Waals surface area contributed by atoms with Crippen LogP contribution in [0.1, 0.15) is 16.7 Å². The van der Waals surface area contributed by atoms with Crippen LogP contribution in [0.4, 0.5) is 19.0 Å². The molecule has 27 heavy (non-hydrogen) atoms. The fourth-order valence-corrected chi connectivity index (χ4v) is 3.56. The van der Waals surface area contributed by atoms with Gasteiger partial charge in [-0.05, 0) is 49.2 Å². The molecule has 3 nitrogen and oxygen atoms in total. The van der Waals surface area contributed by atoms with Crippen molar-refractivity contribution in [1.82, 2.24) is 9.78 Å². The number of benzene rings is 2. The molecule has 0 bridgehead atoms. The number of aromatic nitrogens is 2. The SMILES string of the molecule is Cc1ccc(-n2nc(-c3cc(C(F)(F)F)ccc3Cl)c3c2NCC3)cc1Cl. The van der Waals surface area contributed by atoms with Gasteiger partial charge in [0.15, 0.2) is 0 Å². The van der Waals surface area contributed by atoms with Crippen molar-refractivity contribution in [2.45, 2.75) is 19.5 Å². The maximum atomic E-state index is 13.1. The molecule has 1 aliphatic heterocycles. The quantitative estimate of drug-likeness (QED) is 0.548. The van der Waals surface area contributed by atoms with Gasteiger partial charge in [-0.2, -0.15) is 18.3 Å². The van der Waals surface area contributed by atoms with E-state index in [-0.39, 0.29) is 10.6 Å². The van der Waals surface area contributed by atoms with Crippen LogP contribution >= 0.6 is 23.2 Å². The Labute approximate surface area is 163 Å². The number of hydrogen-bond donors (Lipinski definition) is 1. The van der Waals surface area contributed by atoms with Crippen LogP contribution in [0.15, 0.2) is 36.4 Å². The average Bonchev–Trinajstić information content (AvgIpc) is 3.19. The van der Waals surface area contributed by atoms with E-state index in [1.807, 2.05) is 19.1 Å². The number of nitrogens with zero attached hydrogens (tertiary/aromatic N) is 2. The molecule has 0 aliphatic carbocycles. The largest absolute Gasteiger partial charge is 0.416 e. The average molecular weight is 412 g/mol. The van der Waals surface area contributed by atoms with E-state index in [1.165, 1.54) is 6.07 Å². The highest BCUT2D eigenvalue weighted by molar-refractivity contribution is 6.33. The van der Waals surface area contributed by atoms with Gasteiger partial charge in [0.25, 0.3) is 0 Å². The number of nitrogens with one attached hydrogen (secondary N) is 1. The Morgan fingerprint density at radius 3 is 2.56 bits per heavy atom. The second-order valence-corrected chi connectivity index (χ2v) is 7.20. The number of fused-ring (bicyclic) bond motifs is 1. The monoisotopic (exact) mass is 411 g/mol. The van der Waals surface area contributed by atoms with Gasteiger partial charge in [-0.1, -0.05) is 29.3 Å². The minimum absolute atomic E-state index is 0.226. The van der Waals surface area contributed by atoms with Crippen molar-refractivity contribution in [3.8, 4) is 16.9 Å². The molecule has 4 rings (SSSR count). The van der Waals surface area contributed by atoms with Gasteiger partial charge in [0.1, 0.15) is 5.82 Å². The molecular formula is C19H14Cl2F3N3. The number of halogens is 5. The number of alkyl halides is 3. The third-order valence-corrected chi connectivity index (χ3v) is 5.34. The van der Waals surface area contributed by atoms with E-state index in [4.69, 9.17) is 23.2 Å². The first-order valence-corrected chi connectivity index (χ1v) is 9.00. The first kappa shape index (κ1) is 18.2. The Morgan fingerprint density at radius 1 is 1.07 bits per heavy atom.